The van der Waals surface area contributed by atoms with Crippen molar-refractivity contribution < 1.29 is 0 Å². The molecule has 1 fully saturated rings. The first-order valence-corrected chi connectivity index (χ1v) is 8.75. The molecule has 0 saturated carbocycles. The van der Waals surface area contributed by atoms with Crippen LogP contribution in [0.4, 0.5) is 5.69 Å². The van der Waals surface area contributed by atoms with Gasteiger partial charge in [0.15, 0.2) is 0 Å². The van der Waals surface area contributed by atoms with E-state index in [9.17, 15) is 0 Å². The smallest absolute Gasteiger partial charge is 0.0991 e. The molecule has 0 aromatic heterocycles. The molecule has 0 amide bonds. The Morgan fingerprint density at radius 2 is 2.08 bits per heavy atom. The monoisotopic (exact) mass is 359 g/mol. The average Bonchev–Trinajstić information content (AvgIpc) is 3.02. The Bertz CT molecular complexity index is 783. The van der Waals surface area contributed by atoms with Gasteiger partial charge in [0.1, 0.15) is 0 Å². The van der Waals surface area contributed by atoms with Crippen LogP contribution >= 0.6 is 23.2 Å². The predicted molar refractivity (Wildman–Crippen MR) is 99.8 cm³/mol. The minimum atomic E-state index is 0.423. The average molecular weight is 360 g/mol. The third-order valence-corrected chi connectivity index (χ3v) is 5.04. The number of nitrogens with one attached hydrogen (secondary N) is 1. The van der Waals surface area contributed by atoms with Crippen LogP contribution in [0.3, 0.4) is 0 Å². The number of nitriles is 1. The first-order chi connectivity index (χ1) is 11.6. The molecule has 0 unspecified atom stereocenters. The third-order valence-electron chi connectivity index (χ3n) is 4.45. The number of hydrogen-bond donors (Lipinski definition) is 1. The van der Waals surface area contributed by atoms with E-state index in [0.717, 1.165) is 37.2 Å². The summed E-state index contributed by atoms with van der Waals surface area (Å²) in [5.74, 6) is 0. The van der Waals surface area contributed by atoms with Crippen molar-refractivity contribution >= 4 is 28.9 Å². The molecule has 0 radical (unpaired) electrons. The Morgan fingerprint density at radius 3 is 2.79 bits per heavy atom. The van der Waals surface area contributed by atoms with Crippen molar-refractivity contribution in [1.29, 1.82) is 5.26 Å². The highest BCUT2D eigenvalue weighted by Crippen LogP contribution is 2.26. The summed E-state index contributed by atoms with van der Waals surface area (Å²) in [6.45, 7) is 4.77. The normalized spacial score (nSPS) is 17.1. The second-order valence-corrected chi connectivity index (χ2v) is 7.00. The van der Waals surface area contributed by atoms with E-state index in [1.165, 1.54) is 5.69 Å². The quantitative estimate of drug-likeness (QED) is 0.870. The van der Waals surface area contributed by atoms with E-state index in [-0.39, 0.29) is 0 Å². The Hall–Kier alpha value is -1.73. The highest BCUT2D eigenvalue weighted by Gasteiger charge is 2.23. The maximum atomic E-state index is 8.99. The number of anilines is 1. The molecule has 1 aliphatic rings. The highest BCUT2D eigenvalue weighted by molar-refractivity contribution is 6.35. The molecule has 2 aromatic rings. The summed E-state index contributed by atoms with van der Waals surface area (Å²) in [5.41, 5.74) is 4.13. The van der Waals surface area contributed by atoms with Gasteiger partial charge in [0.2, 0.25) is 0 Å². The zero-order chi connectivity index (χ0) is 17.1. The summed E-state index contributed by atoms with van der Waals surface area (Å²) < 4.78 is 0. The SMILES string of the molecule is Cc1cc(C#N)ccc1N1CC[C@H](NCc2ccc(Cl)cc2Cl)C1. The van der Waals surface area contributed by atoms with Crippen molar-refractivity contribution in [2.24, 2.45) is 0 Å². The van der Waals surface area contributed by atoms with Crippen LogP contribution in [0.15, 0.2) is 36.4 Å². The minimum absolute atomic E-state index is 0.423. The molecule has 0 bridgehead atoms. The number of rotatable bonds is 4. The van der Waals surface area contributed by atoms with E-state index in [0.29, 0.717) is 21.7 Å². The summed E-state index contributed by atoms with van der Waals surface area (Å²) in [6.07, 6.45) is 1.09. The van der Waals surface area contributed by atoms with Gasteiger partial charge in [0, 0.05) is 41.4 Å². The van der Waals surface area contributed by atoms with Gasteiger partial charge >= 0.3 is 0 Å². The third kappa shape index (κ3) is 3.84. The van der Waals surface area contributed by atoms with Gasteiger partial charge in [-0.05, 0) is 54.8 Å². The predicted octanol–water partition coefficient (Wildman–Crippen LogP) is 4.54. The number of benzene rings is 2. The number of aryl methyl sites for hydroxylation is 1. The molecule has 124 valence electrons. The maximum Gasteiger partial charge on any atom is 0.0991 e. The summed E-state index contributed by atoms with van der Waals surface area (Å²) >= 11 is 12.2. The standard InChI is InChI=1S/C19H19Cl2N3/c1-13-8-14(10-22)2-5-19(13)24-7-6-17(12-24)23-11-15-3-4-16(20)9-18(15)21/h2-5,8-9,17,23H,6-7,11-12H2,1H3/t17-/m0/s1. The number of nitrogens with zero attached hydrogens (tertiary/aromatic N) is 2. The first kappa shape index (κ1) is 17.1. The fourth-order valence-electron chi connectivity index (χ4n) is 3.14. The fraction of sp³-hybridized carbons (Fsp3) is 0.316. The lowest BCUT2D eigenvalue weighted by Gasteiger charge is -2.21. The van der Waals surface area contributed by atoms with E-state index < -0.39 is 0 Å². The highest BCUT2D eigenvalue weighted by atomic mass is 35.5. The van der Waals surface area contributed by atoms with E-state index in [4.69, 9.17) is 28.5 Å². The van der Waals surface area contributed by atoms with Gasteiger partial charge in [-0.15, -0.1) is 0 Å². The molecular weight excluding hydrogens is 341 g/mol. The van der Waals surface area contributed by atoms with Crippen LogP contribution in [-0.4, -0.2) is 19.1 Å². The van der Waals surface area contributed by atoms with Crippen LogP contribution in [0.5, 0.6) is 0 Å². The minimum Gasteiger partial charge on any atom is -0.370 e. The van der Waals surface area contributed by atoms with Gasteiger partial charge in [0.25, 0.3) is 0 Å². The van der Waals surface area contributed by atoms with Crippen molar-refractivity contribution in [3.8, 4) is 6.07 Å². The molecular formula is C19H19Cl2N3. The molecule has 0 spiro atoms. The molecule has 24 heavy (non-hydrogen) atoms. The zero-order valence-electron chi connectivity index (χ0n) is 13.5. The topological polar surface area (TPSA) is 39.1 Å². The number of hydrogen-bond acceptors (Lipinski definition) is 3. The molecule has 3 rings (SSSR count). The lowest BCUT2D eigenvalue weighted by Crippen LogP contribution is -2.32. The second kappa shape index (κ2) is 7.44. The van der Waals surface area contributed by atoms with E-state index in [1.807, 2.05) is 30.3 Å². The van der Waals surface area contributed by atoms with Crippen molar-refractivity contribution in [2.45, 2.75) is 25.9 Å². The molecule has 1 N–H and O–H groups in total. The van der Waals surface area contributed by atoms with Gasteiger partial charge in [0.05, 0.1) is 11.6 Å². The molecule has 0 aliphatic carbocycles. The molecule has 5 heteroatoms. The van der Waals surface area contributed by atoms with Gasteiger partial charge < -0.3 is 10.2 Å². The summed E-state index contributed by atoms with van der Waals surface area (Å²) in [7, 11) is 0. The van der Waals surface area contributed by atoms with Gasteiger partial charge in [-0.25, -0.2) is 0 Å². The molecule has 2 aromatic carbocycles. The van der Waals surface area contributed by atoms with Crippen molar-refractivity contribution in [1.82, 2.24) is 5.32 Å². The van der Waals surface area contributed by atoms with Crippen molar-refractivity contribution in [3.05, 3.63) is 63.1 Å². The van der Waals surface area contributed by atoms with Gasteiger partial charge in [-0.2, -0.15) is 5.26 Å². The van der Waals surface area contributed by atoms with Crippen LogP contribution in [0.2, 0.25) is 10.0 Å². The summed E-state index contributed by atoms with van der Waals surface area (Å²) in [6, 6.07) is 14.1. The van der Waals surface area contributed by atoms with E-state index >= 15 is 0 Å². The molecule has 3 nitrogen and oxygen atoms in total. The molecule has 1 atom stereocenters. The first-order valence-electron chi connectivity index (χ1n) is 8.00. The molecule has 1 saturated heterocycles. The van der Waals surface area contributed by atoms with Crippen LogP contribution in [0, 0.1) is 18.3 Å². The van der Waals surface area contributed by atoms with Crippen LogP contribution < -0.4 is 10.2 Å². The molecule has 1 heterocycles. The Morgan fingerprint density at radius 1 is 1.25 bits per heavy atom. The van der Waals surface area contributed by atoms with E-state index in [2.05, 4.69) is 23.2 Å². The number of halogens is 2. The van der Waals surface area contributed by atoms with Crippen LogP contribution in [0.1, 0.15) is 23.1 Å². The largest absolute Gasteiger partial charge is 0.370 e. The maximum absolute atomic E-state index is 8.99. The lowest BCUT2D eigenvalue weighted by molar-refractivity contribution is 0.551. The Labute approximate surface area is 152 Å². The van der Waals surface area contributed by atoms with Gasteiger partial charge in [-0.1, -0.05) is 29.3 Å². The second-order valence-electron chi connectivity index (χ2n) is 6.16. The fourth-order valence-corrected chi connectivity index (χ4v) is 3.62. The van der Waals surface area contributed by atoms with E-state index in [1.54, 1.807) is 6.07 Å². The van der Waals surface area contributed by atoms with Crippen molar-refractivity contribution in [3.63, 3.8) is 0 Å². The zero-order valence-corrected chi connectivity index (χ0v) is 15.0. The molecule has 1 aliphatic heterocycles. The van der Waals surface area contributed by atoms with Crippen molar-refractivity contribution in [2.75, 3.05) is 18.0 Å². The Balaban J connectivity index is 1.60. The lowest BCUT2D eigenvalue weighted by atomic mass is 10.1. The summed E-state index contributed by atoms with van der Waals surface area (Å²) in [5, 5.41) is 13.9. The van der Waals surface area contributed by atoms with Crippen LogP contribution in [0.25, 0.3) is 0 Å². The van der Waals surface area contributed by atoms with Gasteiger partial charge in [-0.3, -0.25) is 0 Å². The Kier molecular flexibility index (Phi) is 5.30. The summed E-state index contributed by atoms with van der Waals surface area (Å²) in [4.78, 5) is 2.37. The van der Waals surface area contributed by atoms with Crippen LogP contribution in [-0.2, 0) is 6.54 Å².